The molecule has 0 bridgehead atoms. The summed E-state index contributed by atoms with van der Waals surface area (Å²) in [6.07, 6.45) is 1.06. The van der Waals surface area contributed by atoms with Gasteiger partial charge in [-0.15, -0.1) is 0 Å². The number of hydrogen-bond acceptors (Lipinski definition) is 2. The topological polar surface area (TPSA) is 44.1 Å². The Balaban J connectivity index is 2.83. The number of benzene rings is 1. The Morgan fingerprint density at radius 2 is 1.84 bits per heavy atom. The number of hydrogen-bond donors (Lipinski definition) is 0. The molecule has 0 aliphatic heterocycles. The lowest BCUT2D eigenvalue weighted by molar-refractivity contribution is -0.138. The third kappa shape index (κ3) is 3.48. The van der Waals surface area contributed by atoms with Crippen LogP contribution in [0.2, 0.25) is 5.02 Å². The highest BCUT2D eigenvalue weighted by Crippen LogP contribution is 2.28. The quantitative estimate of drug-likeness (QED) is 0.825. The molecule has 0 unspecified atom stereocenters. The van der Waals surface area contributed by atoms with Gasteiger partial charge in [0.05, 0.1) is 6.07 Å². The van der Waals surface area contributed by atoms with Crippen molar-refractivity contribution in [2.45, 2.75) is 33.2 Å². The predicted octanol–water partition coefficient (Wildman–Crippen LogP) is 3.63. The van der Waals surface area contributed by atoms with Gasteiger partial charge in [-0.3, -0.25) is 4.79 Å². The van der Waals surface area contributed by atoms with Crippen LogP contribution in [0.1, 0.15) is 32.3 Å². The van der Waals surface area contributed by atoms with Crippen molar-refractivity contribution in [1.82, 2.24) is 4.90 Å². The molecule has 0 aliphatic carbocycles. The van der Waals surface area contributed by atoms with Crippen LogP contribution < -0.4 is 0 Å². The summed E-state index contributed by atoms with van der Waals surface area (Å²) in [5, 5.41) is 9.96. The minimum absolute atomic E-state index is 0.116. The van der Waals surface area contributed by atoms with E-state index < -0.39 is 5.41 Å². The smallest absolute Gasteiger partial charge is 0.243 e. The fourth-order valence-corrected chi connectivity index (χ4v) is 2.19. The second kappa shape index (κ2) is 6.58. The van der Waals surface area contributed by atoms with E-state index in [-0.39, 0.29) is 5.91 Å². The molecule has 3 nitrogen and oxygen atoms in total. The monoisotopic (exact) mass is 278 g/mol. The molecular formula is C15H19ClN2O. The number of carbonyl (C=O) groups is 1. The van der Waals surface area contributed by atoms with Gasteiger partial charge in [-0.1, -0.05) is 37.6 Å². The average Bonchev–Trinajstić information content (AvgIpc) is 2.43. The molecule has 1 aromatic rings. The SMILES string of the molecule is CCC(C#N)(CC)C(=O)N(C)Cc1ccc(Cl)cc1. The zero-order valence-electron chi connectivity index (χ0n) is 11.6. The first-order valence-corrected chi connectivity index (χ1v) is 6.78. The molecule has 19 heavy (non-hydrogen) atoms. The van der Waals surface area contributed by atoms with Crippen LogP contribution in [0.5, 0.6) is 0 Å². The summed E-state index contributed by atoms with van der Waals surface area (Å²) in [5.74, 6) is -0.116. The molecule has 1 rings (SSSR count). The van der Waals surface area contributed by atoms with E-state index >= 15 is 0 Å². The van der Waals surface area contributed by atoms with Gasteiger partial charge < -0.3 is 4.90 Å². The van der Waals surface area contributed by atoms with Gasteiger partial charge in [0.1, 0.15) is 5.41 Å². The van der Waals surface area contributed by atoms with E-state index in [9.17, 15) is 10.1 Å². The third-order valence-corrected chi connectivity index (χ3v) is 3.76. The molecule has 0 fully saturated rings. The van der Waals surface area contributed by atoms with E-state index in [4.69, 9.17) is 11.6 Å². The summed E-state index contributed by atoms with van der Waals surface area (Å²) < 4.78 is 0. The maximum Gasteiger partial charge on any atom is 0.243 e. The predicted molar refractivity (Wildman–Crippen MR) is 76.6 cm³/mol. The number of nitrogens with zero attached hydrogens (tertiary/aromatic N) is 2. The van der Waals surface area contributed by atoms with E-state index in [1.54, 1.807) is 24.1 Å². The molecule has 0 saturated heterocycles. The first-order chi connectivity index (χ1) is 8.99. The highest BCUT2D eigenvalue weighted by molar-refractivity contribution is 6.30. The van der Waals surface area contributed by atoms with Gasteiger partial charge in [0.15, 0.2) is 0 Å². The van der Waals surface area contributed by atoms with Crippen molar-refractivity contribution in [3.63, 3.8) is 0 Å². The summed E-state index contributed by atoms with van der Waals surface area (Å²) in [4.78, 5) is 14.0. The Morgan fingerprint density at radius 1 is 1.32 bits per heavy atom. The molecular weight excluding hydrogens is 260 g/mol. The molecule has 0 N–H and O–H groups in total. The van der Waals surface area contributed by atoms with E-state index in [0.29, 0.717) is 24.4 Å². The Morgan fingerprint density at radius 3 is 2.26 bits per heavy atom. The maximum absolute atomic E-state index is 12.4. The van der Waals surface area contributed by atoms with Crippen LogP contribution in [0.15, 0.2) is 24.3 Å². The highest BCUT2D eigenvalue weighted by Gasteiger charge is 2.37. The molecule has 0 heterocycles. The van der Waals surface area contributed by atoms with E-state index in [1.165, 1.54) is 0 Å². The number of nitriles is 1. The van der Waals surface area contributed by atoms with Gasteiger partial charge in [-0.05, 0) is 30.5 Å². The van der Waals surface area contributed by atoms with Gasteiger partial charge >= 0.3 is 0 Å². The average molecular weight is 279 g/mol. The molecule has 0 aromatic heterocycles. The molecule has 0 atom stereocenters. The van der Waals surface area contributed by atoms with Crippen LogP contribution in [0.25, 0.3) is 0 Å². The third-order valence-electron chi connectivity index (χ3n) is 3.51. The van der Waals surface area contributed by atoms with Crippen molar-refractivity contribution < 1.29 is 4.79 Å². The van der Waals surface area contributed by atoms with Gasteiger partial charge in [-0.2, -0.15) is 5.26 Å². The minimum atomic E-state index is -0.902. The molecule has 0 spiro atoms. The lowest BCUT2D eigenvalue weighted by Crippen LogP contribution is -2.40. The largest absolute Gasteiger partial charge is 0.340 e. The molecule has 102 valence electrons. The summed E-state index contributed by atoms with van der Waals surface area (Å²) in [6.45, 7) is 4.24. The molecule has 1 amide bonds. The number of amides is 1. The number of halogens is 1. The summed E-state index contributed by atoms with van der Waals surface area (Å²) in [6, 6.07) is 9.55. The maximum atomic E-state index is 12.4. The fourth-order valence-electron chi connectivity index (χ4n) is 2.06. The molecule has 0 saturated carbocycles. The molecule has 1 aromatic carbocycles. The number of rotatable bonds is 5. The first-order valence-electron chi connectivity index (χ1n) is 6.40. The van der Waals surface area contributed by atoms with Crippen LogP contribution in [0.3, 0.4) is 0 Å². The van der Waals surface area contributed by atoms with Gasteiger partial charge in [0, 0.05) is 18.6 Å². The molecule has 4 heteroatoms. The zero-order chi connectivity index (χ0) is 14.5. The van der Waals surface area contributed by atoms with Crippen LogP contribution in [-0.2, 0) is 11.3 Å². The van der Waals surface area contributed by atoms with Crippen molar-refractivity contribution in [2.24, 2.45) is 5.41 Å². The van der Waals surface area contributed by atoms with Gasteiger partial charge in [0.2, 0.25) is 5.91 Å². The van der Waals surface area contributed by atoms with E-state index in [0.717, 1.165) is 5.56 Å². The normalized spacial score (nSPS) is 10.9. The van der Waals surface area contributed by atoms with Crippen molar-refractivity contribution >= 4 is 17.5 Å². The van der Waals surface area contributed by atoms with E-state index in [2.05, 4.69) is 6.07 Å². The second-order valence-corrected chi connectivity index (χ2v) is 5.13. The summed E-state index contributed by atoms with van der Waals surface area (Å²) in [7, 11) is 1.73. The van der Waals surface area contributed by atoms with Crippen molar-refractivity contribution in [2.75, 3.05) is 7.05 Å². The summed E-state index contributed by atoms with van der Waals surface area (Å²) in [5.41, 5.74) is 0.0977. The number of carbonyl (C=O) groups excluding carboxylic acids is 1. The van der Waals surface area contributed by atoms with E-state index in [1.807, 2.05) is 26.0 Å². The molecule has 0 radical (unpaired) electrons. The Labute approximate surface area is 119 Å². The minimum Gasteiger partial charge on any atom is -0.340 e. The Bertz CT molecular complexity index is 472. The Kier molecular flexibility index (Phi) is 5.38. The standard InChI is InChI=1S/C15H19ClN2O/c1-4-15(5-2,11-17)14(19)18(3)10-12-6-8-13(16)9-7-12/h6-9H,4-5,10H2,1-3H3. The van der Waals surface area contributed by atoms with Crippen molar-refractivity contribution in [1.29, 1.82) is 5.26 Å². The van der Waals surface area contributed by atoms with Crippen molar-refractivity contribution in [3.05, 3.63) is 34.9 Å². The summed E-state index contributed by atoms with van der Waals surface area (Å²) >= 11 is 5.83. The Hall–Kier alpha value is -1.53. The van der Waals surface area contributed by atoms with Crippen LogP contribution in [-0.4, -0.2) is 17.9 Å². The van der Waals surface area contributed by atoms with Gasteiger partial charge in [-0.25, -0.2) is 0 Å². The first kappa shape index (κ1) is 15.5. The highest BCUT2D eigenvalue weighted by atomic mass is 35.5. The lowest BCUT2D eigenvalue weighted by Gasteiger charge is -2.28. The van der Waals surface area contributed by atoms with Crippen LogP contribution in [0.4, 0.5) is 0 Å². The fraction of sp³-hybridized carbons (Fsp3) is 0.467. The van der Waals surface area contributed by atoms with Crippen LogP contribution >= 0.6 is 11.6 Å². The van der Waals surface area contributed by atoms with Crippen LogP contribution in [0, 0.1) is 16.7 Å². The zero-order valence-corrected chi connectivity index (χ0v) is 12.4. The van der Waals surface area contributed by atoms with Gasteiger partial charge in [0.25, 0.3) is 0 Å². The lowest BCUT2D eigenvalue weighted by atomic mass is 9.82. The molecule has 0 aliphatic rings. The second-order valence-electron chi connectivity index (χ2n) is 4.69. The van der Waals surface area contributed by atoms with Crippen molar-refractivity contribution in [3.8, 4) is 6.07 Å².